The van der Waals surface area contributed by atoms with Crippen molar-refractivity contribution in [3.05, 3.63) is 35.4 Å². The number of piperidine rings is 1. The smallest absolute Gasteiger partial charge is 0.0323 e. The Kier molecular flexibility index (Phi) is 3.90. The summed E-state index contributed by atoms with van der Waals surface area (Å²) in [6.07, 6.45) is 3.91. The molecule has 3 atom stereocenters. The minimum atomic E-state index is 0.554. The summed E-state index contributed by atoms with van der Waals surface area (Å²) < 4.78 is 0. The number of hydrogen-bond acceptors (Lipinski definition) is 2. The van der Waals surface area contributed by atoms with Gasteiger partial charge in [0.15, 0.2) is 0 Å². The monoisotopic (exact) mass is 258 g/mol. The highest BCUT2D eigenvalue weighted by molar-refractivity contribution is 5.25. The van der Waals surface area contributed by atoms with Crippen molar-refractivity contribution in [2.75, 3.05) is 19.6 Å². The maximum atomic E-state index is 3.58. The van der Waals surface area contributed by atoms with E-state index in [0.717, 1.165) is 18.4 Å². The highest BCUT2D eigenvalue weighted by atomic mass is 15.2. The van der Waals surface area contributed by atoms with Gasteiger partial charge in [0.05, 0.1) is 0 Å². The van der Waals surface area contributed by atoms with E-state index in [1.54, 1.807) is 0 Å². The molecule has 2 aliphatic rings. The van der Waals surface area contributed by atoms with Crippen LogP contribution in [0.5, 0.6) is 0 Å². The second-order valence-electron chi connectivity index (χ2n) is 6.14. The quantitative estimate of drug-likeness (QED) is 0.896. The third-order valence-corrected chi connectivity index (χ3v) is 5.09. The minimum absolute atomic E-state index is 0.554. The predicted molar refractivity (Wildman–Crippen MR) is 80.3 cm³/mol. The van der Waals surface area contributed by atoms with Crippen molar-refractivity contribution in [2.24, 2.45) is 5.92 Å². The average molecular weight is 258 g/mol. The van der Waals surface area contributed by atoms with Gasteiger partial charge in [0, 0.05) is 18.6 Å². The number of likely N-dealkylation sites (tertiary alicyclic amines) is 1. The van der Waals surface area contributed by atoms with Crippen molar-refractivity contribution in [1.82, 2.24) is 10.2 Å². The first kappa shape index (κ1) is 13.1. The van der Waals surface area contributed by atoms with Crippen molar-refractivity contribution >= 4 is 0 Å². The van der Waals surface area contributed by atoms with E-state index in [9.17, 15) is 0 Å². The van der Waals surface area contributed by atoms with Gasteiger partial charge < -0.3 is 5.32 Å². The maximum Gasteiger partial charge on any atom is 0.0323 e. The summed E-state index contributed by atoms with van der Waals surface area (Å²) in [7, 11) is 0. The molecule has 104 valence electrons. The molecule has 3 rings (SSSR count). The highest BCUT2D eigenvalue weighted by Crippen LogP contribution is 2.33. The second-order valence-corrected chi connectivity index (χ2v) is 6.14. The number of aryl methyl sites for hydroxylation is 1. The van der Waals surface area contributed by atoms with Crippen LogP contribution in [0.15, 0.2) is 24.3 Å². The largest absolute Gasteiger partial charge is 0.315 e. The van der Waals surface area contributed by atoms with Crippen LogP contribution < -0.4 is 5.32 Å². The van der Waals surface area contributed by atoms with Crippen LogP contribution in [0.3, 0.4) is 0 Å². The first-order valence-corrected chi connectivity index (χ1v) is 7.85. The maximum absolute atomic E-state index is 3.58. The van der Waals surface area contributed by atoms with Crippen molar-refractivity contribution in [3.8, 4) is 0 Å². The molecule has 2 fully saturated rings. The summed E-state index contributed by atoms with van der Waals surface area (Å²) in [5.41, 5.74) is 2.92. The molecular weight excluding hydrogens is 232 g/mol. The van der Waals surface area contributed by atoms with E-state index in [-0.39, 0.29) is 0 Å². The molecule has 0 bridgehead atoms. The topological polar surface area (TPSA) is 15.3 Å². The molecule has 0 saturated carbocycles. The van der Waals surface area contributed by atoms with Crippen molar-refractivity contribution in [3.63, 3.8) is 0 Å². The van der Waals surface area contributed by atoms with Crippen LogP contribution >= 0.6 is 0 Å². The zero-order valence-electron chi connectivity index (χ0n) is 12.2. The minimum Gasteiger partial charge on any atom is -0.315 e. The molecule has 0 radical (unpaired) electrons. The van der Waals surface area contributed by atoms with Gasteiger partial charge in [0.25, 0.3) is 0 Å². The molecule has 1 aromatic rings. The van der Waals surface area contributed by atoms with Gasteiger partial charge in [-0.1, -0.05) is 31.2 Å². The fraction of sp³-hybridized carbons (Fsp3) is 0.647. The van der Waals surface area contributed by atoms with Crippen LogP contribution in [-0.4, -0.2) is 30.6 Å². The molecule has 0 aromatic heterocycles. The molecule has 0 spiro atoms. The fourth-order valence-corrected chi connectivity index (χ4v) is 3.81. The molecule has 2 heterocycles. The summed E-state index contributed by atoms with van der Waals surface area (Å²) in [5.74, 6) is 0.881. The lowest BCUT2D eigenvalue weighted by Gasteiger charge is -2.41. The zero-order chi connectivity index (χ0) is 13.2. The Morgan fingerprint density at radius 2 is 2.05 bits per heavy atom. The lowest BCUT2D eigenvalue weighted by atomic mass is 9.89. The summed E-state index contributed by atoms with van der Waals surface area (Å²) in [4.78, 5) is 2.73. The van der Waals surface area contributed by atoms with Crippen molar-refractivity contribution in [1.29, 1.82) is 0 Å². The summed E-state index contributed by atoms with van der Waals surface area (Å²) in [6.45, 7) is 8.27. The Morgan fingerprint density at radius 1 is 1.26 bits per heavy atom. The average Bonchev–Trinajstić information content (AvgIpc) is 2.95. The summed E-state index contributed by atoms with van der Waals surface area (Å²) in [6, 6.07) is 10.6. The van der Waals surface area contributed by atoms with E-state index < -0.39 is 0 Å². The van der Waals surface area contributed by atoms with Crippen LogP contribution in [0.25, 0.3) is 0 Å². The number of rotatable bonds is 3. The van der Waals surface area contributed by atoms with Gasteiger partial charge in [-0.3, -0.25) is 4.90 Å². The summed E-state index contributed by atoms with van der Waals surface area (Å²) in [5, 5.41) is 3.58. The van der Waals surface area contributed by atoms with E-state index in [2.05, 4.69) is 48.3 Å². The van der Waals surface area contributed by atoms with E-state index >= 15 is 0 Å². The molecule has 0 aliphatic carbocycles. The van der Waals surface area contributed by atoms with Crippen LogP contribution in [0.1, 0.15) is 43.9 Å². The van der Waals surface area contributed by atoms with Gasteiger partial charge in [-0.15, -0.1) is 0 Å². The number of fused-ring (bicyclic) bond motifs is 1. The molecule has 1 N–H and O–H groups in total. The zero-order valence-corrected chi connectivity index (χ0v) is 12.2. The van der Waals surface area contributed by atoms with Gasteiger partial charge in [0.2, 0.25) is 0 Å². The van der Waals surface area contributed by atoms with E-state index in [0.29, 0.717) is 6.04 Å². The van der Waals surface area contributed by atoms with Gasteiger partial charge in [-0.2, -0.15) is 0 Å². The second kappa shape index (κ2) is 5.64. The Balaban J connectivity index is 1.76. The molecule has 3 unspecified atom stereocenters. The Hall–Kier alpha value is -0.860. The van der Waals surface area contributed by atoms with Crippen LogP contribution in [0, 0.1) is 5.92 Å². The molecule has 2 heteroatoms. The third kappa shape index (κ3) is 2.56. The number of benzene rings is 1. The molecule has 2 saturated heterocycles. The lowest BCUT2D eigenvalue weighted by molar-refractivity contribution is 0.0847. The standard InChI is InChI=1S/C17H26N2/c1-3-14-6-8-15(9-7-14)13(2)19-10-4-5-16-11-18-12-17(16)19/h6-9,13,16-18H,3-5,10-12H2,1-2H3. The van der Waals surface area contributed by atoms with Crippen molar-refractivity contribution in [2.45, 2.75) is 45.2 Å². The predicted octanol–water partition coefficient (Wildman–Crippen LogP) is 2.99. The fourth-order valence-electron chi connectivity index (χ4n) is 3.81. The first-order valence-electron chi connectivity index (χ1n) is 7.85. The molecule has 19 heavy (non-hydrogen) atoms. The van der Waals surface area contributed by atoms with Gasteiger partial charge >= 0.3 is 0 Å². The van der Waals surface area contributed by atoms with Gasteiger partial charge in [-0.05, 0) is 56.3 Å². The van der Waals surface area contributed by atoms with E-state index in [1.165, 1.54) is 43.6 Å². The van der Waals surface area contributed by atoms with E-state index in [1.807, 2.05) is 0 Å². The molecule has 0 amide bonds. The third-order valence-electron chi connectivity index (χ3n) is 5.09. The Labute approximate surface area is 117 Å². The van der Waals surface area contributed by atoms with Crippen LogP contribution in [0.4, 0.5) is 0 Å². The molecule has 1 aromatic carbocycles. The first-order chi connectivity index (χ1) is 9.29. The number of nitrogens with one attached hydrogen (secondary N) is 1. The lowest BCUT2D eigenvalue weighted by Crippen LogP contribution is -2.46. The molecule has 2 nitrogen and oxygen atoms in total. The van der Waals surface area contributed by atoms with Crippen molar-refractivity contribution < 1.29 is 0 Å². The normalized spacial score (nSPS) is 29.2. The van der Waals surface area contributed by atoms with E-state index in [4.69, 9.17) is 0 Å². The SMILES string of the molecule is CCc1ccc(C(C)N2CCCC3CNCC32)cc1. The molecule has 2 aliphatic heterocycles. The summed E-state index contributed by atoms with van der Waals surface area (Å²) >= 11 is 0. The highest BCUT2D eigenvalue weighted by Gasteiger charge is 2.37. The van der Waals surface area contributed by atoms with Crippen LogP contribution in [0.2, 0.25) is 0 Å². The van der Waals surface area contributed by atoms with Gasteiger partial charge in [-0.25, -0.2) is 0 Å². The number of nitrogens with zero attached hydrogens (tertiary/aromatic N) is 1. The Morgan fingerprint density at radius 3 is 2.79 bits per heavy atom. The van der Waals surface area contributed by atoms with Crippen LogP contribution in [-0.2, 0) is 6.42 Å². The number of hydrogen-bond donors (Lipinski definition) is 1. The van der Waals surface area contributed by atoms with Gasteiger partial charge in [0.1, 0.15) is 0 Å². The Bertz CT molecular complexity index is 412. The molecular formula is C17H26N2.